The fourth-order valence-electron chi connectivity index (χ4n) is 4.13. The molecule has 0 aromatic heterocycles. The van der Waals surface area contributed by atoms with Gasteiger partial charge in [0, 0.05) is 12.5 Å². The minimum atomic E-state index is -0.201. The summed E-state index contributed by atoms with van der Waals surface area (Å²) in [5, 5.41) is 10.5. The van der Waals surface area contributed by atoms with Gasteiger partial charge in [-0.05, 0) is 37.4 Å². The van der Waals surface area contributed by atoms with Gasteiger partial charge in [0.1, 0.15) is 0 Å². The van der Waals surface area contributed by atoms with E-state index < -0.39 is 0 Å². The third kappa shape index (κ3) is 4.08. The molecule has 0 amide bonds. The first-order valence-corrected chi connectivity index (χ1v) is 8.78. The summed E-state index contributed by atoms with van der Waals surface area (Å²) < 4.78 is 0. The first kappa shape index (κ1) is 15.1. The Kier molecular flexibility index (Phi) is 5.32. The van der Waals surface area contributed by atoms with Crippen molar-refractivity contribution in [1.29, 1.82) is 0 Å². The maximum atomic E-state index is 10.5. The molecular weight excluding hydrogens is 258 g/mol. The number of benzene rings is 1. The molecule has 2 heteroatoms. The Hall–Kier alpha value is -0.860. The molecule has 1 aromatic rings. The molecule has 2 atom stereocenters. The van der Waals surface area contributed by atoms with Crippen LogP contribution in [-0.4, -0.2) is 35.7 Å². The van der Waals surface area contributed by atoms with Crippen molar-refractivity contribution in [3.8, 4) is 0 Å². The predicted octanol–water partition coefficient (Wildman–Crippen LogP) is 3.81. The lowest BCUT2D eigenvalue weighted by atomic mass is 9.85. The molecule has 3 rings (SSSR count). The van der Waals surface area contributed by atoms with Crippen molar-refractivity contribution >= 4 is 0 Å². The van der Waals surface area contributed by atoms with Crippen molar-refractivity contribution < 1.29 is 5.11 Å². The Morgan fingerprint density at radius 3 is 2.48 bits per heavy atom. The van der Waals surface area contributed by atoms with Crippen LogP contribution in [0.15, 0.2) is 30.3 Å². The van der Waals surface area contributed by atoms with Crippen LogP contribution in [0.3, 0.4) is 0 Å². The molecule has 2 nitrogen and oxygen atoms in total. The van der Waals surface area contributed by atoms with E-state index in [0.717, 1.165) is 25.4 Å². The van der Waals surface area contributed by atoms with Crippen LogP contribution >= 0.6 is 0 Å². The Bertz CT molecular complexity index is 413. The highest BCUT2D eigenvalue weighted by molar-refractivity contribution is 5.21. The second-order valence-corrected chi connectivity index (χ2v) is 6.97. The number of β-amino-alcohol motifs (C(OH)–C–C–N with tert-alkyl or cyclic N) is 1. The van der Waals surface area contributed by atoms with Crippen molar-refractivity contribution in [3.05, 3.63) is 35.9 Å². The van der Waals surface area contributed by atoms with Gasteiger partial charge in [0.15, 0.2) is 0 Å². The summed E-state index contributed by atoms with van der Waals surface area (Å²) in [6, 6.07) is 10.5. The van der Waals surface area contributed by atoms with Gasteiger partial charge in [-0.15, -0.1) is 0 Å². The molecule has 0 spiro atoms. The average molecular weight is 287 g/mol. The van der Waals surface area contributed by atoms with Gasteiger partial charge in [-0.25, -0.2) is 0 Å². The highest BCUT2D eigenvalue weighted by Crippen LogP contribution is 2.30. The molecule has 2 fully saturated rings. The summed E-state index contributed by atoms with van der Waals surface area (Å²) in [6.45, 7) is 3.18. The zero-order valence-corrected chi connectivity index (χ0v) is 13.1. The Morgan fingerprint density at radius 1 is 1.00 bits per heavy atom. The molecule has 116 valence electrons. The van der Waals surface area contributed by atoms with Gasteiger partial charge in [-0.3, -0.25) is 0 Å². The number of likely N-dealkylation sites (tertiary alicyclic amines) is 1. The fraction of sp³-hybridized carbons (Fsp3) is 0.684. The third-order valence-corrected chi connectivity index (χ3v) is 5.47. The van der Waals surface area contributed by atoms with Gasteiger partial charge in [-0.2, -0.15) is 0 Å². The largest absolute Gasteiger partial charge is 0.391 e. The lowest BCUT2D eigenvalue weighted by Crippen LogP contribution is -2.43. The van der Waals surface area contributed by atoms with E-state index in [0.29, 0.717) is 5.92 Å². The summed E-state index contributed by atoms with van der Waals surface area (Å²) in [6.07, 6.45) is 9.40. The lowest BCUT2D eigenvalue weighted by molar-refractivity contribution is 0.0478. The zero-order chi connectivity index (χ0) is 14.5. The monoisotopic (exact) mass is 287 g/mol. The van der Waals surface area contributed by atoms with Crippen LogP contribution in [0.5, 0.6) is 0 Å². The lowest BCUT2D eigenvalue weighted by Gasteiger charge is -2.37. The van der Waals surface area contributed by atoms with Crippen molar-refractivity contribution in [2.45, 2.75) is 57.0 Å². The minimum Gasteiger partial charge on any atom is -0.391 e. The Morgan fingerprint density at radius 2 is 1.76 bits per heavy atom. The van der Waals surface area contributed by atoms with Gasteiger partial charge < -0.3 is 10.0 Å². The minimum absolute atomic E-state index is 0.201. The van der Waals surface area contributed by atoms with Gasteiger partial charge >= 0.3 is 0 Å². The SMILES string of the molecule is O[C@@H]1CN(CCC2CCCCC2)CC[C@@H]1c1ccccc1. The summed E-state index contributed by atoms with van der Waals surface area (Å²) in [4.78, 5) is 2.48. The molecule has 0 bridgehead atoms. The molecular formula is C19H29NO. The summed E-state index contributed by atoms with van der Waals surface area (Å²) in [7, 11) is 0. The standard InChI is InChI=1S/C19H29NO/c21-19-15-20(13-11-16-7-3-1-4-8-16)14-12-18(19)17-9-5-2-6-10-17/h2,5-6,9-10,16,18-19,21H,1,3-4,7-8,11-15H2/t18-,19-/m1/s1. The molecule has 21 heavy (non-hydrogen) atoms. The van der Waals surface area contributed by atoms with Gasteiger partial charge in [0.05, 0.1) is 6.10 Å². The Balaban J connectivity index is 1.46. The van der Waals surface area contributed by atoms with Crippen molar-refractivity contribution in [2.24, 2.45) is 5.92 Å². The molecule has 1 heterocycles. The summed E-state index contributed by atoms with van der Waals surface area (Å²) in [5.41, 5.74) is 1.30. The van der Waals surface area contributed by atoms with Crippen LogP contribution in [0.25, 0.3) is 0 Å². The van der Waals surface area contributed by atoms with Crippen LogP contribution in [0.4, 0.5) is 0 Å². The molecule has 1 aliphatic heterocycles. The first-order chi connectivity index (χ1) is 10.3. The maximum Gasteiger partial charge on any atom is 0.0735 e. The van der Waals surface area contributed by atoms with E-state index in [4.69, 9.17) is 0 Å². The number of hydrogen-bond donors (Lipinski definition) is 1. The Labute approximate surface area is 129 Å². The van der Waals surface area contributed by atoms with E-state index >= 15 is 0 Å². The highest BCUT2D eigenvalue weighted by Gasteiger charge is 2.28. The van der Waals surface area contributed by atoms with Crippen molar-refractivity contribution in [3.63, 3.8) is 0 Å². The number of piperidine rings is 1. The molecule has 0 unspecified atom stereocenters. The van der Waals surface area contributed by atoms with Crippen LogP contribution in [0.1, 0.15) is 56.4 Å². The maximum absolute atomic E-state index is 10.5. The predicted molar refractivity (Wildman–Crippen MR) is 87.4 cm³/mol. The summed E-state index contributed by atoms with van der Waals surface area (Å²) in [5.74, 6) is 1.28. The second-order valence-electron chi connectivity index (χ2n) is 6.97. The molecule has 1 N–H and O–H groups in total. The molecule has 1 aromatic carbocycles. The van der Waals surface area contributed by atoms with Gasteiger partial charge in [-0.1, -0.05) is 62.4 Å². The van der Waals surface area contributed by atoms with Crippen LogP contribution in [-0.2, 0) is 0 Å². The molecule has 2 aliphatic rings. The van der Waals surface area contributed by atoms with Crippen LogP contribution in [0, 0.1) is 5.92 Å². The van der Waals surface area contributed by atoms with Gasteiger partial charge in [0.25, 0.3) is 0 Å². The second kappa shape index (κ2) is 7.42. The average Bonchev–Trinajstić information content (AvgIpc) is 2.55. The van der Waals surface area contributed by atoms with Gasteiger partial charge in [0.2, 0.25) is 0 Å². The zero-order valence-electron chi connectivity index (χ0n) is 13.1. The molecule has 1 aliphatic carbocycles. The van der Waals surface area contributed by atoms with Crippen molar-refractivity contribution in [2.75, 3.05) is 19.6 Å². The van der Waals surface area contributed by atoms with E-state index in [1.165, 1.54) is 50.6 Å². The quantitative estimate of drug-likeness (QED) is 0.910. The normalized spacial score (nSPS) is 28.6. The van der Waals surface area contributed by atoms with E-state index in [1.807, 2.05) is 0 Å². The van der Waals surface area contributed by atoms with Crippen molar-refractivity contribution in [1.82, 2.24) is 4.90 Å². The number of rotatable bonds is 4. The molecule has 0 radical (unpaired) electrons. The third-order valence-electron chi connectivity index (χ3n) is 5.47. The smallest absolute Gasteiger partial charge is 0.0735 e. The highest BCUT2D eigenvalue weighted by atomic mass is 16.3. The van der Waals surface area contributed by atoms with E-state index in [1.54, 1.807) is 0 Å². The fourth-order valence-corrected chi connectivity index (χ4v) is 4.13. The topological polar surface area (TPSA) is 23.5 Å². The summed E-state index contributed by atoms with van der Waals surface area (Å²) >= 11 is 0. The van der Waals surface area contributed by atoms with E-state index in [2.05, 4.69) is 35.2 Å². The number of aliphatic hydroxyl groups is 1. The first-order valence-electron chi connectivity index (χ1n) is 8.78. The van der Waals surface area contributed by atoms with E-state index in [9.17, 15) is 5.11 Å². The van der Waals surface area contributed by atoms with E-state index in [-0.39, 0.29) is 6.10 Å². The van der Waals surface area contributed by atoms with Crippen LogP contribution in [0.2, 0.25) is 0 Å². The molecule has 1 saturated heterocycles. The number of aliphatic hydroxyl groups excluding tert-OH is 1. The number of hydrogen-bond acceptors (Lipinski definition) is 2. The van der Waals surface area contributed by atoms with Crippen LogP contribution < -0.4 is 0 Å². The molecule has 1 saturated carbocycles. The number of nitrogens with zero attached hydrogens (tertiary/aromatic N) is 1.